The molecule has 118 valence electrons. The third-order valence-electron chi connectivity index (χ3n) is 3.27. The maximum Gasteiger partial charge on any atom is 0.160 e. The zero-order valence-corrected chi connectivity index (χ0v) is 14.0. The highest BCUT2D eigenvalue weighted by molar-refractivity contribution is 7.99. The SMILES string of the molecule is CC.c1ccc(Nc2ncnc3cc4c(nc23)SCCN4)cc1. The van der Waals surface area contributed by atoms with Gasteiger partial charge in [0.05, 0.1) is 11.2 Å². The zero-order chi connectivity index (χ0) is 16.1. The van der Waals surface area contributed by atoms with Crippen molar-refractivity contribution in [2.75, 3.05) is 22.9 Å². The molecule has 0 bridgehead atoms. The lowest BCUT2D eigenvalue weighted by atomic mass is 10.3. The molecule has 1 aliphatic rings. The number of nitrogens with zero attached hydrogens (tertiary/aromatic N) is 3. The van der Waals surface area contributed by atoms with E-state index < -0.39 is 0 Å². The van der Waals surface area contributed by atoms with E-state index in [1.54, 1.807) is 18.1 Å². The Morgan fingerprint density at radius 2 is 1.96 bits per heavy atom. The van der Waals surface area contributed by atoms with E-state index in [1.165, 1.54) is 0 Å². The first-order valence-electron chi connectivity index (χ1n) is 7.75. The molecule has 0 amide bonds. The molecular weight excluding hydrogens is 306 g/mol. The molecule has 1 aromatic carbocycles. The maximum absolute atomic E-state index is 4.72. The van der Waals surface area contributed by atoms with Crippen molar-refractivity contribution in [2.24, 2.45) is 0 Å². The van der Waals surface area contributed by atoms with Crippen molar-refractivity contribution in [2.45, 2.75) is 18.9 Å². The highest BCUT2D eigenvalue weighted by Crippen LogP contribution is 2.33. The van der Waals surface area contributed by atoms with Gasteiger partial charge in [0.1, 0.15) is 16.9 Å². The van der Waals surface area contributed by atoms with Gasteiger partial charge in [-0.1, -0.05) is 32.0 Å². The highest BCUT2D eigenvalue weighted by Gasteiger charge is 2.14. The highest BCUT2D eigenvalue weighted by atomic mass is 32.2. The molecule has 0 saturated carbocycles. The van der Waals surface area contributed by atoms with Crippen molar-refractivity contribution in [3.05, 3.63) is 42.7 Å². The molecule has 2 N–H and O–H groups in total. The van der Waals surface area contributed by atoms with Crippen LogP contribution in [-0.2, 0) is 0 Å². The molecule has 0 radical (unpaired) electrons. The van der Waals surface area contributed by atoms with Crippen molar-refractivity contribution in [1.29, 1.82) is 0 Å². The Labute approximate surface area is 140 Å². The summed E-state index contributed by atoms with van der Waals surface area (Å²) in [6.07, 6.45) is 1.57. The topological polar surface area (TPSA) is 62.7 Å². The van der Waals surface area contributed by atoms with Gasteiger partial charge in [-0.3, -0.25) is 0 Å². The molecule has 3 aromatic rings. The molecule has 0 saturated heterocycles. The van der Waals surface area contributed by atoms with Crippen LogP contribution < -0.4 is 10.6 Å². The van der Waals surface area contributed by atoms with Crippen LogP contribution in [0.5, 0.6) is 0 Å². The number of hydrogen-bond acceptors (Lipinski definition) is 6. The Morgan fingerprint density at radius 3 is 2.78 bits per heavy atom. The van der Waals surface area contributed by atoms with Crippen LogP contribution in [-0.4, -0.2) is 27.2 Å². The van der Waals surface area contributed by atoms with Gasteiger partial charge in [0.25, 0.3) is 0 Å². The first-order chi connectivity index (χ1) is 11.4. The fourth-order valence-corrected chi connectivity index (χ4v) is 3.13. The molecule has 1 aliphatic heterocycles. The van der Waals surface area contributed by atoms with Crippen LogP contribution in [0, 0.1) is 0 Å². The summed E-state index contributed by atoms with van der Waals surface area (Å²) in [5, 5.41) is 7.68. The van der Waals surface area contributed by atoms with Crippen molar-refractivity contribution >= 4 is 40.0 Å². The van der Waals surface area contributed by atoms with Crippen LogP contribution in [0.25, 0.3) is 11.0 Å². The normalized spacial score (nSPS) is 12.6. The van der Waals surface area contributed by atoms with E-state index in [-0.39, 0.29) is 0 Å². The molecule has 23 heavy (non-hydrogen) atoms. The molecule has 2 aromatic heterocycles. The van der Waals surface area contributed by atoms with Crippen molar-refractivity contribution in [3.8, 4) is 0 Å². The number of rotatable bonds is 2. The Morgan fingerprint density at radius 1 is 1.13 bits per heavy atom. The number of benzene rings is 1. The lowest BCUT2D eigenvalue weighted by Gasteiger charge is -2.17. The van der Waals surface area contributed by atoms with E-state index in [4.69, 9.17) is 4.98 Å². The number of thioether (sulfide) groups is 1. The second-order valence-corrected chi connectivity index (χ2v) is 5.78. The molecular formula is C17H19N5S. The minimum Gasteiger partial charge on any atom is -0.382 e. The van der Waals surface area contributed by atoms with E-state index in [1.807, 2.05) is 50.2 Å². The van der Waals surface area contributed by atoms with Gasteiger partial charge >= 0.3 is 0 Å². The number of pyridine rings is 1. The third kappa shape index (κ3) is 3.37. The van der Waals surface area contributed by atoms with Crippen LogP contribution in [0.1, 0.15) is 13.8 Å². The van der Waals surface area contributed by atoms with Crippen molar-refractivity contribution in [1.82, 2.24) is 15.0 Å². The average Bonchev–Trinajstić information content (AvgIpc) is 2.63. The van der Waals surface area contributed by atoms with Crippen LogP contribution >= 0.6 is 11.8 Å². The number of para-hydroxylation sites is 1. The summed E-state index contributed by atoms with van der Waals surface area (Å²) in [4.78, 5) is 13.4. The van der Waals surface area contributed by atoms with Gasteiger partial charge in [0.2, 0.25) is 0 Å². The molecule has 0 unspecified atom stereocenters. The van der Waals surface area contributed by atoms with Gasteiger partial charge < -0.3 is 10.6 Å². The quantitative estimate of drug-likeness (QED) is 0.732. The number of fused-ring (bicyclic) bond motifs is 2. The minimum atomic E-state index is 0.736. The fourth-order valence-electron chi connectivity index (χ4n) is 2.29. The van der Waals surface area contributed by atoms with Gasteiger partial charge in [-0.2, -0.15) is 0 Å². The summed E-state index contributed by atoms with van der Waals surface area (Å²) in [5.74, 6) is 1.76. The predicted molar refractivity (Wildman–Crippen MR) is 97.6 cm³/mol. The molecule has 5 nitrogen and oxygen atoms in total. The second-order valence-electron chi connectivity index (χ2n) is 4.70. The van der Waals surface area contributed by atoms with Crippen LogP contribution in [0.3, 0.4) is 0 Å². The van der Waals surface area contributed by atoms with Gasteiger partial charge in [-0.05, 0) is 18.2 Å². The van der Waals surface area contributed by atoms with Crippen LogP contribution in [0.4, 0.5) is 17.2 Å². The lowest BCUT2D eigenvalue weighted by Crippen LogP contribution is -2.11. The van der Waals surface area contributed by atoms with E-state index >= 15 is 0 Å². The summed E-state index contributed by atoms with van der Waals surface area (Å²) in [6.45, 7) is 4.96. The maximum atomic E-state index is 4.72. The van der Waals surface area contributed by atoms with Gasteiger partial charge in [0, 0.05) is 18.0 Å². The Kier molecular flexibility index (Phi) is 4.92. The smallest absolute Gasteiger partial charge is 0.160 e. The molecule has 0 spiro atoms. The first-order valence-corrected chi connectivity index (χ1v) is 8.73. The monoisotopic (exact) mass is 325 g/mol. The number of nitrogens with one attached hydrogen (secondary N) is 2. The minimum absolute atomic E-state index is 0.736. The summed E-state index contributed by atoms with van der Waals surface area (Å²) < 4.78 is 0. The zero-order valence-electron chi connectivity index (χ0n) is 13.2. The number of anilines is 3. The summed E-state index contributed by atoms with van der Waals surface area (Å²) in [6, 6.07) is 12.0. The Hall–Kier alpha value is -2.34. The molecule has 6 heteroatoms. The van der Waals surface area contributed by atoms with Gasteiger partial charge in [-0.15, -0.1) is 11.8 Å². The van der Waals surface area contributed by atoms with Gasteiger partial charge in [-0.25, -0.2) is 15.0 Å². The Balaban J connectivity index is 0.000000753. The summed E-state index contributed by atoms with van der Waals surface area (Å²) >= 11 is 1.76. The summed E-state index contributed by atoms with van der Waals surface area (Å²) in [7, 11) is 0. The standard InChI is InChI=1S/C15H13N5S.C2H6/c1-2-4-10(5-3-1)19-14-13-11(17-9-18-14)8-12-15(20-13)21-7-6-16-12;1-2/h1-5,8-9,16H,6-7H2,(H,17,18,19);1-2H3. The molecule has 4 rings (SSSR count). The number of aromatic nitrogens is 3. The predicted octanol–water partition coefficient (Wildman–Crippen LogP) is 4.31. The fraction of sp³-hybridized carbons (Fsp3) is 0.235. The van der Waals surface area contributed by atoms with Gasteiger partial charge in [0.15, 0.2) is 5.82 Å². The van der Waals surface area contributed by atoms with Crippen LogP contribution in [0.15, 0.2) is 47.8 Å². The summed E-state index contributed by atoms with van der Waals surface area (Å²) in [5.41, 5.74) is 3.69. The van der Waals surface area contributed by atoms with E-state index in [2.05, 4.69) is 20.6 Å². The first kappa shape index (κ1) is 15.6. The van der Waals surface area contributed by atoms with Crippen molar-refractivity contribution < 1.29 is 0 Å². The Bertz CT molecular complexity index is 792. The van der Waals surface area contributed by atoms with Crippen LogP contribution in [0.2, 0.25) is 0 Å². The van der Waals surface area contributed by atoms with E-state index in [9.17, 15) is 0 Å². The largest absolute Gasteiger partial charge is 0.382 e. The lowest BCUT2D eigenvalue weighted by molar-refractivity contribution is 1.08. The third-order valence-corrected chi connectivity index (χ3v) is 4.26. The second kappa shape index (κ2) is 7.28. The average molecular weight is 325 g/mol. The van der Waals surface area contributed by atoms with E-state index in [0.717, 1.165) is 45.5 Å². The molecule has 3 heterocycles. The molecule has 0 atom stereocenters. The van der Waals surface area contributed by atoms with Crippen molar-refractivity contribution in [3.63, 3.8) is 0 Å². The number of hydrogen-bond donors (Lipinski definition) is 2. The molecule has 0 aliphatic carbocycles. The van der Waals surface area contributed by atoms with E-state index in [0.29, 0.717) is 0 Å². The molecule has 0 fully saturated rings.